The summed E-state index contributed by atoms with van der Waals surface area (Å²) in [6.45, 7) is 0. The molecule has 1 aromatic heterocycles. The number of hydrogen-bond acceptors (Lipinski definition) is 7. The number of rotatable bonds is 4. The highest BCUT2D eigenvalue weighted by Gasteiger charge is 2.18. The Labute approximate surface area is 126 Å². The standard InChI is InChI=1S/C10H7BrClN5O3/c11-5-1-2-8(7(3-5)17(18)19)20-9-6(12)4-14-10(15-9)16-13/h1-4H,13H2,(H,14,15,16). The Morgan fingerprint density at radius 2 is 2.25 bits per heavy atom. The number of ether oxygens (including phenoxy) is 1. The molecule has 2 rings (SSSR count). The summed E-state index contributed by atoms with van der Waals surface area (Å²) in [6, 6.07) is 4.34. The molecule has 0 spiro atoms. The van der Waals surface area contributed by atoms with E-state index in [1.807, 2.05) is 0 Å². The van der Waals surface area contributed by atoms with E-state index in [4.69, 9.17) is 22.2 Å². The van der Waals surface area contributed by atoms with E-state index < -0.39 is 4.92 Å². The molecule has 10 heteroatoms. The molecule has 0 amide bonds. The lowest BCUT2D eigenvalue weighted by atomic mass is 10.3. The van der Waals surface area contributed by atoms with Crippen LogP contribution in [-0.4, -0.2) is 14.9 Å². The number of halogens is 2. The Hall–Kier alpha value is -1.97. The smallest absolute Gasteiger partial charge is 0.312 e. The molecule has 0 aliphatic rings. The third-order valence-electron chi connectivity index (χ3n) is 2.17. The van der Waals surface area contributed by atoms with E-state index >= 15 is 0 Å². The van der Waals surface area contributed by atoms with E-state index in [1.165, 1.54) is 18.3 Å². The van der Waals surface area contributed by atoms with Gasteiger partial charge in [0.05, 0.1) is 11.1 Å². The first-order valence-corrected chi connectivity index (χ1v) is 6.29. The number of nitrogen functional groups attached to an aromatic ring is 1. The van der Waals surface area contributed by atoms with Gasteiger partial charge in [-0.3, -0.25) is 15.5 Å². The molecule has 0 fully saturated rings. The van der Waals surface area contributed by atoms with Crippen LogP contribution >= 0.6 is 27.5 Å². The molecule has 0 radical (unpaired) electrons. The van der Waals surface area contributed by atoms with Crippen molar-refractivity contribution in [2.75, 3.05) is 5.43 Å². The quantitative estimate of drug-likeness (QED) is 0.489. The van der Waals surface area contributed by atoms with Crippen molar-refractivity contribution >= 4 is 39.2 Å². The van der Waals surface area contributed by atoms with Crippen LogP contribution in [0.4, 0.5) is 11.6 Å². The predicted molar refractivity (Wildman–Crippen MR) is 75.7 cm³/mol. The zero-order chi connectivity index (χ0) is 14.7. The summed E-state index contributed by atoms with van der Waals surface area (Å²) in [5, 5.41) is 11.1. The molecule has 0 atom stereocenters. The molecular weight excluding hydrogens is 353 g/mol. The molecule has 0 saturated heterocycles. The molecule has 0 aliphatic heterocycles. The Morgan fingerprint density at radius 3 is 2.90 bits per heavy atom. The molecular formula is C10H7BrClN5O3. The molecule has 1 heterocycles. The summed E-state index contributed by atoms with van der Waals surface area (Å²) in [5.74, 6) is 5.21. The van der Waals surface area contributed by atoms with Crippen molar-refractivity contribution in [2.24, 2.45) is 5.84 Å². The highest BCUT2D eigenvalue weighted by atomic mass is 79.9. The van der Waals surface area contributed by atoms with Crippen molar-refractivity contribution in [1.29, 1.82) is 0 Å². The van der Waals surface area contributed by atoms with E-state index in [2.05, 4.69) is 31.3 Å². The summed E-state index contributed by atoms with van der Waals surface area (Å²) in [4.78, 5) is 18.1. The van der Waals surface area contributed by atoms with Crippen LogP contribution in [-0.2, 0) is 0 Å². The first-order chi connectivity index (χ1) is 9.51. The molecule has 0 bridgehead atoms. The minimum absolute atomic E-state index is 0.00164. The van der Waals surface area contributed by atoms with Crippen molar-refractivity contribution in [3.05, 3.63) is 44.0 Å². The van der Waals surface area contributed by atoms with Crippen LogP contribution in [0, 0.1) is 10.1 Å². The molecule has 3 N–H and O–H groups in total. The zero-order valence-electron chi connectivity index (χ0n) is 9.71. The molecule has 8 nitrogen and oxygen atoms in total. The van der Waals surface area contributed by atoms with Gasteiger partial charge in [-0.15, -0.1) is 0 Å². The molecule has 104 valence electrons. The Morgan fingerprint density at radius 1 is 1.50 bits per heavy atom. The largest absolute Gasteiger partial charge is 0.430 e. The van der Waals surface area contributed by atoms with Gasteiger partial charge in [-0.25, -0.2) is 10.8 Å². The fraction of sp³-hybridized carbons (Fsp3) is 0. The van der Waals surface area contributed by atoms with Gasteiger partial charge in [0, 0.05) is 10.5 Å². The molecule has 1 aromatic carbocycles. The minimum Gasteiger partial charge on any atom is -0.430 e. The lowest BCUT2D eigenvalue weighted by Gasteiger charge is -2.08. The number of nitrogens with one attached hydrogen (secondary N) is 1. The normalized spacial score (nSPS) is 10.2. The van der Waals surface area contributed by atoms with Crippen LogP contribution in [0.1, 0.15) is 0 Å². The van der Waals surface area contributed by atoms with Gasteiger partial charge in [0.1, 0.15) is 5.02 Å². The minimum atomic E-state index is -0.572. The second kappa shape index (κ2) is 5.99. The summed E-state index contributed by atoms with van der Waals surface area (Å²) in [5.41, 5.74) is 2.00. The Kier molecular flexibility index (Phi) is 4.32. The number of nitrogens with two attached hydrogens (primary N) is 1. The maximum Gasteiger partial charge on any atom is 0.312 e. The number of hydrazine groups is 1. The van der Waals surface area contributed by atoms with Gasteiger partial charge < -0.3 is 4.74 Å². The highest BCUT2D eigenvalue weighted by molar-refractivity contribution is 9.10. The maximum atomic E-state index is 11.0. The summed E-state index contributed by atoms with van der Waals surface area (Å²) in [6.07, 6.45) is 1.27. The van der Waals surface area contributed by atoms with Gasteiger partial charge in [0.25, 0.3) is 0 Å². The van der Waals surface area contributed by atoms with Crippen LogP contribution in [0.5, 0.6) is 11.6 Å². The van der Waals surface area contributed by atoms with Gasteiger partial charge in [0.15, 0.2) is 0 Å². The predicted octanol–water partition coefficient (Wildman–Crippen LogP) is 2.88. The van der Waals surface area contributed by atoms with Crippen LogP contribution in [0.2, 0.25) is 5.02 Å². The van der Waals surface area contributed by atoms with Gasteiger partial charge in [-0.1, -0.05) is 27.5 Å². The molecule has 0 saturated carbocycles. The number of hydrogen-bond donors (Lipinski definition) is 2. The molecule has 2 aromatic rings. The number of nitrogens with zero attached hydrogens (tertiary/aromatic N) is 3. The average molecular weight is 361 g/mol. The SMILES string of the molecule is NNc1ncc(Cl)c(Oc2ccc(Br)cc2[N+](=O)[O-])n1. The van der Waals surface area contributed by atoms with Gasteiger partial charge in [-0.05, 0) is 12.1 Å². The third kappa shape index (κ3) is 3.13. The fourth-order valence-corrected chi connectivity index (χ4v) is 1.79. The van der Waals surface area contributed by atoms with Crippen molar-refractivity contribution in [3.8, 4) is 11.6 Å². The number of benzene rings is 1. The van der Waals surface area contributed by atoms with Gasteiger partial charge >= 0.3 is 5.69 Å². The number of nitro groups is 1. The van der Waals surface area contributed by atoms with E-state index in [-0.39, 0.29) is 28.3 Å². The first kappa shape index (κ1) is 14.4. The second-order valence-electron chi connectivity index (χ2n) is 3.46. The van der Waals surface area contributed by atoms with E-state index in [9.17, 15) is 10.1 Å². The zero-order valence-corrected chi connectivity index (χ0v) is 12.1. The lowest BCUT2D eigenvalue weighted by molar-refractivity contribution is -0.385. The Balaban J connectivity index is 2.42. The molecule has 0 aliphatic carbocycles. The average Bonchev–Trinajstić information content (AvgIpc) is 2.42. The number of aromatic nitrogens is 2. The summed E-state index contributed by atoms with van der Waals surface area (Å²) >= 11 is 9.02. The van der Waals surface area contributed by atoms with Crippen molar-refractivity contribution in [1.82, 2.24) is 9.97 Å². The van der Waals surface area contributed by atoms with Gasteiger partial charge in [-0.2, -0.15) is 4.98 Å². The van der Waals surface area contributed by atoms with Crippen LogP contribution < -0.4 is 16.0 Å². The Bertz CT molecular complexity index is 669. The van der Waals surface area contributed by atoms with E-state index in [1.54, 1.807) is 6.07 Å². The van der Waals surface area contributed by atoms with Crippen LogP contribution in [0.15, 0.2) is 28.9 Å². The molecule has 20 heavy (non-hydrogen) atoms. The van der Waals surface area contributed by atoms with Crippen molar-refractivity contribution in [2.45, 2.75) is 0 Å². The lowest BCUT2D eigenvalue weighted by Crippen LogP contribution is -2.10. The monoisotopic (exact) mass is 359 g/mol. The topological polar surface area (TPSA) is 116 Å². The van der Waals surface area contributed by atoms with Crippen LogP contribution in [0.3, 0.4) is 0 Å². The van der Waals surface area contributed by atoms with Crippen LogP contribution in [0.25, 0.3) is 0 Å². The van der Waals surface area contributed by atoms with E-state index in [0.717, 1.165) is 0 Å². The fourth-order valence-electron chi connectivity index (χ4n) is 1.32. The maximum absolute atomic E-state index is 11.0. The highest BCUT2D eigenvalue weighted by Crippen LogP contribution is 2.35. The number of nitro benzene ring substituents is 1. The van der Waals surface area contributed by atoms with E-state index in [0.29, 0.717) is 4.47 Å². The third-order valence-corrected chi connectivity index (χ3v) is 2.92. The number of anilines is 1. The van der Waals surface area contributed by atoms with Crippen molar-refractivity contribution in [3.63, 3.8) is 0 Å². The second-order valence-corrected chi connectivity index (χ2v) is 4.79. The summed E-state index contributed by atoms with van der Waals surface area (Å²) in [7, 11) is 0. The first-order valence-electron chi connectivity index (χ1n) is 5.12. The summed E-state index contributed by atoms with van der Waals surface area (Å²) < 4.78 is 5.91. The van der Waals surface area contributed by atoms with Gasteiger partial charge in [0.2, 0.25) is 17.6 Å². The molecule has 0 unspecified atom stereocenters. The van der Waals surface area contributed by atoms with Crippen molar-refractivity contribution < 1.29 is 9.66 Å².